The molecule has 2 aromatic rings. The summed E-state index contributed by atoms with van der Waals surface area (Å²) < 4.78 is 1.07. The Bertz CT molecular complexity index is 757. The van der Waals surface area contributed by atoms with Gasteiger partial charge in [0.2, 0.25) is 0 Å². The van der Waals surface area contributed by atoms with Crippen LogP contribution in [-0.4, -0.2) is 12.8 Å². The fourth-order valence-corrected chi connectivity index (χ4v) is 2.81. The highest BCUT2D eigenvalue weighted by molar-refractivity contribution is 9.10. The van der Waals surface area contributed by atoms with Crippen molar-refractivity contribution in [1.82, 2.24) is 0 Å². The van der Waals surface area contributed by atoms with Crippen LogP contribution in [-0.2, 0) is 0 Å². The van der Waals surface area contributed by atoms with Gasteiger partial charge in [-0.15, -0.1) is 0 Å². The quantitative estimate of drug-likeness (QED) is 0.745. The van der Waals surface area contributed by atoms with Crippen LogP contribution in [0.3, 0.4) is 0 Å². The van der Waals surface area contributed by atoms with Crippen LogP contribution in [0.4, 0.5) is 5.69 Å². The van der Waals surface area contributed by atoms with Crippen molar-refractivity contribution in [2.45, 2.75) is 0 Å². The smallest absolute Gasteiger partial charge is 0.0571 e. The zero-order chi connectivity index (χ0) is 16.2. The molecule has 1 aliphatic carbocycles. The molecule has 0 fully saturated rings. The second-order valence-corrected chi connectivity index (χ2v) is 6.19. The van der Waals surface area contributed by atoms with Gasteiger partial charge in [-0.1, -0.05) is 52.3 Å². The van der Waals surface area contributed by atoms with Crippen LogP contribution in [0.25, 0.3) is 5.57 Å². The molecule has 0 amide bonds. The lowest BCUT2D eigenvalue weighted by Gasteiger charge is -2.14. The van der Waals surface area contributed by atoms with E-state index in [2.05, 4.69) is 69.5 Å². The highest BCUT2D eigenvalue weighted by Crippen LogP contribution is 2.30. The minimum Gasteiger partial charge on any atom is -0.399 e. The summed E-state index contributed by atoms with van der Waals surface area (Å²) in [5.41, 5.74) is 12.2. The Labute approximate surface area is 144 Å². The summed E-state index contributed by atoms with van der Waals surface area (Å²) in [6, 6.07) is 16.3. The highest BCUT2D eigenvalue weighted by atomic mass is 79.9. The molecule has 2 aromatic carbocycles. The van der Waals surface area contributed by atoms with E-state index in [9.17, 15) is 0 Å². The van der Waals surface area contributed by atoms with Crippen LogP contribution < -0.4 is 5.73 Å². The molecule has 0 spiro atoms. The van der Waals surface area contributed by atoms with Gasteiger partial charge in [-0.2, -0.15) is 0 Å². The Hall–Kier alpha value is -2.39. The van der Waals surface area contributed by atoms with Crippen molar-refractivity contribution in [2.24, 2.45) is 4.99 Å². The summed E-state index contributed by atoms with van der Waals surface area (Å²) >= 11 is 3.50. The number of nitrogens with two attached hydrogens (primary N) is 1. The number of nitrogens with zero attached hydrogens (tertiary/aromatic N) is 1. The molecular weight excluding hydrogens is 348 g/mol. The number of hydrogen-bond donors (Lipinski definition) is 1. The average molecular weight is 365 g/mol. The molecule has 0 heterocycles. The number of anilines is 1. The number of aliphatic imine (C=N–C) groups is 1. The lowest BCUT2D eigenvalue weighted by molar-refractivity contribution is 1.44. The van der Waals surface area contributed by atoms with E-state index in [0.717, 1.165) is 27.0 Å². The van der Waals surface area contributed by atoms with Crippen LogP contribution in [0.15, 0.2) is 87.9 Å². The molecule has 0 saturated heterocycles. The second kappa shape index (κ2) is 6.80. The maximum Gasteiger partial charge on any atom is 0.0571 e. The lowest BCUT2D eigenvalue weighted by Crippen LogP contribution is -1.98. The molecule has 1 aliphatic rings. The summed E-state index contributed by atoms with van der Waals surface area (Å²) in [4.78, 5) is 4.21. The van der Waals surface area contributed by atoms with Gasteiger partial charge in [-0.25, -0.2) is 0 Å². The fourth-order valence-electron chi connectivity index (χ4n) is 2.54. The van der Waals surface area contributed by atoms with Gasteiger partial charge >= 0.3 is 0 Å². The molecule has 0 saturated carbocycles. The Morgan fingerprint density at radius 1 is 0.826 bits per heavy atom. The standard InChI is InChI=1S/C20H17BrN2/c1-23-19-12-6-16(7-13-19)20(14-2-8-17(21)9-3-14)15-4-10-18(22)11-5-15/h2-13H,22H2,1H3. The van der Waals surface area contributed by atoms with Crippen molar-refractivity contribution >= 4 is 32.9 Å². The van der Waals surface area contributed by atoms with E-state index in [1.165, 1.54) is 11.1 Å². The summed E-state index contributed by atoms with van der Waals surface area (Å²) in [5, 5.41) is 0. The van der Waals surface area contributed by atoms with E-state index in [1.807, 2.05) is 24.3 Å². The van der Waals surface area contributed by atoms with Crippen LogP contribution >= 0.6 is 15.9 Å². The first-order valence-corrected chi connectivity index (χ1v) is 8.16. The molecule has 0 bridgehead atoms. The second-order valence-electron chi connectivity index (χ2n) is 5.27. The summed E-state index contributed by atoms with van der Waals surface area (Å²) in [7, 11) is 1.80. The van der Waals surface area contributed by atoms with Crippen LogP contribution in [0.2, 0.25) is 0 Å². The summed E-state index contributed by atoms with van der Waals surface area (Å²) in [6.45, 7) is 0. The third-order valence-electron chi connectivity index (χ3n) is 3.75. The number of benzene rings is 2. The molecule has 0 atom stereocenters. The molecule has 2 N–H and O–H groups in total. The van der Waals surface area contributed by atoms with Gasteiger partial charge < -0.3 is 5.73 Å². The Morgan fingerprint density at radius 2 is 1.35 bits per heavy atom. The molecule has 0 aromatic heterocycles. The number of nitrogen functional groups attached to an aromatic ring is 1. The largest absolute Gasteiger partial charge is 0.399 e. The Kier molecular flexibility index (Phi) is 4.58. The van der Waals surface area contributed by atoms with Crippen LogP contribution in [0, 0.1) is 0 Å². The highest BCUT2D eigenvalue weighted by Gasteiger charge is 2.11. The molecule has 0 aliphatic heterocycles. The van der Waals surface area contributed by atoms with Crippen LogP contribution in [0.1, 0.15) is 11.1 Å². The van der Waals surface area contributed by atoms with Crippen molar-refractivity contribution in [3.63, 3.8) is 0 Å². The van der Waals surface area contributed by atoms with E-state index >= 15 is 0 Å². The van der Waals surface area contributed by atoms with E-state index in [0.29, 0.717) is 0 Å². The number of allylic oxidation sites excluding steroid dienone is 5. The molecule has 3 heteroatoms. The minimum absolute atomic E-state index is 0.768. The maximum atomic E-state index is 5.83. The third kappa shape index (κ3) is 3.51. The van der Waals surface area contributed by atoms with Crippen molar-refractivity contribution in [2.75, 3.05) is 12.8 Å². The average Bonchev–Trinajstić information content (AvgIpc) is 2.59. The fraction of sp³-hybridized carbons (Fsp3) is 0.0500. The monoisotopic (exact) mass is 364 g/mol. The number of halogens is 1. The third-order valence-corrected chi connectivity index (χ3v) is 4.28. The van der Waals surface area contributed by atoms with Gasteiger partial charge in [0.1, 0.15) is 0 Å². The van der Waals surface area contributed by atoms with Crippen molar-refractivity contribution in [3.05, 3.63) is 94.0 Å². The first-order valence-electron chi connectivity index (χ1n) is 7.36. The van der Waals surface area contributed by atoms with Crippen LogP contribution in [0.5, 0.6) is 0 Å². The summed E-state index contributed by atoms with van der Waals surface area (Å²) in [6.07, 6.45) is 8.28. The van der Waals surface area contributed by atoms with Gasteiger partial charge in [0, 0.05) is 17.2 Å². The topological polar surface area (TPSA) is 38.4 Å². The van der Waals surface area contributed by atoms with E-state index in [-0.39, 0.29) is 0 Å². The normalized spacial score (nSPS) is 13.3. The van der Waals surface area contributed by atoms with Gasteiger partial charge in [-0.05, 0) is 58.7 Å². The molecule has 2 nitrogen and oxygen atoms in total. The SMILES string of the molecule is CN=C1C=CC(=C(c2ccc(N)cc2)c2ccc(Br)cc2)C=C1. The zero-order valence-electron chi connectivity index (χ0n) is 12.8. The zero-order valence-corrected chi connectivity index (χ0v) is 14.4. The van der Waals surface area contributed by atoms with Gasteiger partial charge in [0.25, 0.3) is 0 Å². The minimum atomic E-state index is 0.768. The van der Waals surface area contributed by atoms with E-state index in [4.69, 9.17) is 5.73 Å². The van der Waals surface area contributed by atoms with E-state index in [1.54, 1.807) is 7.05 Å². The van der Waals surface area contributed by atoms with Crippen molar-refractivity contribution in [3.8, 4) is 0 Å². The molecule has 23 heavy (non-hydrogen) atoms. The van der Waals surface area contributed by atoms with Crippen molar-refractivity contribution in [1.29, 1.82) is 0 Å². The predicted molar refractivity (Wildman–Crippen MR) is 103 cm³/mol. The first-order chi connectivity index (χ1) is 11.2. The van der Waals surface area contributed by atoms with Gasteiger partial charge in [0.15, 0.2) is 0 Å². The van der Waals surface area contributed by atoms with Crippen molar-refractivity contribution < 1.29 is 0 Å². The Morgan fingerprint density at radius 3 is 1.87 bits per heavy atom. The Balaban J connectivity index is 2.17. The predicted octanol–water partition coefficient (Wildman–Crippen LogP) is 5.03. The molecule has 114 valence electrons. The van der Waals surface area contributed by atoms with Gasteiger partial charge in [-0.3, -0.25) is 4.99 Å². The van der Waals surface area contributed by atoms with E-state index < -0.39 is 0 Å². The van der Waals surface area contributed by atoms with Gasteiger partial charge in [0.05, 0.1) is 5.71 Å². The number of hydrogen-bond acceptors (Lipinski definition) is 2. The molecular formula is C20H17BrN2. The number of rotatable bonds is 2. The molecule has 0 unspecified atom stereocenters. The maximum absolute atomic E-state index is 5.83. The molecule has 3 rings (SSSR count). The lowest BCUT2D eigenvalue weighted by atomic mass is 9.91. The molecule has 0 radical (unpaired) electrons. The first kappa shape index (κ1) is 15.5. The summed E-state index contributed by atoms with van der Waals surface area (Å²) in [5.74, 6) is 0.